The Hall–Kier alpha value is -6.14. The molecular weight excluding hydrogens is 811 g/mol. The predicted octanol–water partition coefficient (Wildman–Crippen LogP) is 8.56. The van der Waals surface area contributed by atoms with E-state index in [1.165, 1.54) is 11.1 Å². The van der Waals surface area contributed by atoms with Crippen LogP contribution >= 0.6 is 11.8 Å². The van der Waals surface area contributed by atoms with Crippen molar-refractivity contribution in [1.29, 1.82) is 0 Å². The van der Waals surface area contributed by atoms with Crippen molar-refractivity contribution < 1.29 is 28.6 Å². The number of carbonyl (C=O) groups excluding carboxylic acids is 3. The highest BCUT2D eigenvalue weighted by molar-refractivity contribution is 7.99. The zero-order chi connectivity index (χ0) is 44.1. The average Bonchev–Trinajstić information content (AvgIpc) is 3.78. The second-order valence-electron chi connectivity index (χ2n) is 17.7. The third-order valence-electron chi connectivity index (χ3n) is 12.7. The first-order valence-corrected chi connectivity index (χ1v) is 22.9. The Morgan fingerprint density at radius 3 is 1.79 bits per heavy atom. The molecular formula is C51H55N5O6S. The maximum absolute atomic E-state index is 14.2. The zero-order valence-electron chi connectivity index (χ0n) is 37.1. The summed E-state index contributed by atoms with van der Waals surface area (Å²) in [5.74, 6) is 3.37. The van der Waals surface area contributed by atoms with Gasteiger partial charge in [0.25, 0.3) is 11.8 Å². The number of thioether (sulfide) groups is 1. The van der Waals surface area contributed by atoms with Crippen molar-refractivity contribution in [2.24, 2.45) is 5.92 Å². The van der Waals surface area contributed by atoms with Crippen LogP contribution in [-0.2, 0) is 30.8 Å². The lowest BCUT2D eigenvalue weighted by atomic mass is 10.1. The predicted molar refractivity (Wildman–Crippen MR) is 253 cm³/mol. The third-order valence-corrected chi connectivity index (χ3v) is 14.0. The second-order valence-corrected chi connectivity index (χ2v) is 18.7. The van der Waals surface area contributed by atoms with Gasteiger partial charge in [0.05, 0.1) is 47.4 Å². The molecule has 0 saturated heterocycles. The number of carbonyl (C=O) groups is 3. The second kappa shape index (κ2) is 17.2. The van der Waals surface area contributed by atoms with E-state index in [9.17, 15) is 14.4 Å². The van der Waals surface area contributed by atoms with Crippen molar-refractivity contribution in [1.82, 2.24) is 0 Å². The number of hydrogen-bond donors (Lipinski definition) is 0. The number of rotatable bonds is 12. The minimum Gasteiger partial charge on any atom is -0.493 e. The number of benzene rings is 5. The molecule has 0 bridgehead atoms. The number of likely N-dealkylation sites (N-methyl/N-ethyl adjacent to an activating group) is 2. The minimum atomic E-state index is -0.0557. The molecule has 63 heavy (non-hydrogen) atoms. The highest BCUT2D eigenvalue weighted by atomic mass is 32.2. The van der Waals surface area contributed by atoms with Crippen LogP contribution in [0.3, 0.4) is 0 Å². The number of nitrogens with zero attached hydrogens (tertiary/aromatic N) is 5. The van der Waals surface area contributed by atoms with Crippen molar-refractivity contribution in [3.63, 3.8) is 0 Å². The molecule has 0 spiro atoms. The van der Waals surface area contributed by atoms with Crippen LogP contribution in [-0.4, -0.2) is 82.7 Å². The van der Waals surface area contributed by atoms with E-state index in [-0.39, 0.29) is 43.0 Å². The number of anilines is 5. The van der Waals surface area contributed by atoms with E-state index in [4.69, 9.17) is 14.2 Å². The lowest BCUT2D eigenvalue weighted by molar-refractivity contribution is -0.115. The van der Waals surface area contributed by atoms with Crippen LogP contribution in [0.4, 0.5) is 28.4 Å². The minimum absolute atomic E-state index is 0.00558. The Morgan fingerprint density at radius 1 is 0.714 bits per heavy atom. The molecule has 0 aromatic heterocycles. The van der Waals surface area contributed by atoms with Gasteiger partial charge in [-0.2, -0.15) is 11.8 Å². The molecule has 9 rings (SSSR count). The molecule has 5 aromatic carbocycles. The molecule has 0 fully saturated rings. The monoisotopic (exact) mass is 865 g/mol. The summed E-state index contributed by atoms with van der Waals surface area (Å²) < 4.78 is 19.0. The molecule has 326 valence electrons. The summed E-state index contributed by atoms with van der Waals surface area (Å²) in [7, 11) is 7.45. The first-order valence-electron chi connectivity index (χ1n) is 21.7. The molecule has 0 unspecified atom stereocenters. The summed E-state index contributed by atoms with van der Waals surface area (Å²) in [6.07, 6.45) is 1.62. The third kappa shape index (κ3) is 8.05. The van der Waals surface area contributed by atoms with Gasteiger partial charge in [-0.1, -0.05) is 50.2 Å². The Bertz CT molecular complexity index is 2610. The Kier molecular flexibility index (Phi) is 11.5. The van der Waals surface area contributed by atoms with E-state index < -0.39 is 0 Å². The van der Waals surface area contributed by atoms with Crippen molar-refractivity contribution in [3.8, 4) is 17.2 Å². The van der Waals surface area contributed by atoms with Crippen LogP contribution in [0.25, 0.3) is 0 Å². The summed E-state index contributed by atoms with van der Waals surface area (Å²) in [5.41, 5.74) is 10.5. The number of ether oxygens (including phenoxy) is 3. The van der Waals surface area contributed by atoms with Crippen molar-refractivity contribution in [3.05, 3.63) is 130 Å². The van der Waals surface area contributed by atoms with Gasteiger partial charge in [0, 0.05) is 63.4 Å². The summed E-state index contributed by atoms with van der Waals surface area (Å²) >= 11 is 1.64. The highest BCUT2D eigenvalue weighted by Crippen LogP contribution is 2.43. The Labute approximate surface area is 374 Å². The molecule has 3 amide bonds. The topological polar surface area (TPSA) is 95.1 Å². The molecule has 0 aliphatic carbocycles. The zero-order valence-corrected chi connectivity index (χ0v) is 38.0. The first kappa shape index (κ1) is 42.2. The Balaban J connectivity index is 0.984. The molecule has 5 aromatic rings. The largest absolute Gasteiger partial charge is 0.493 e. The van der Waals surface area contributed by atoms with Crippen molar-refractivity contribution >= 4 is 57.9 Å². The standard InChI is InChI=1S/C51H55N5O6S/c1-31(2)29-63-30-49(57)54(6)37-18-33(27-61-46-23-44-40(16-32(46)3)50(58)55-38(25-52(44)4)20-35-12-8-10-14-42(35)55)17-34(19-37)28-62-48-24-45-41(22-47(48)60-7)51(59)56-39(26-53(45)5)21-36-13-9-11-15-43(36)56/h8-19,22-24,31,38-39H,20-21,25-30H2,1-7H3/t38-,39-/m0/s1. The smallest absolute Gasteiger partial charge is 0.260 e. The van der Waals surface area contributed by atoms with Gasteiger partial charge in [-0.15, -0.1) is 0 Å². The van der Waals surface area contributed by atoms with E-state index >= 15 is 0 Å². The van der Waals surface area contributed by atoms with Gasteiger partial charge in [0.15, 0.2) is 11.5 Å². The summed E-state index contributed by atoms with van der Waals surface area (Å²) in [5, 5.41) is 0. The number of aryl methyl sites for hydroxylation is 1. The van der Waals surface area contributed by atoms with Crippen LogP contribution in [0.5, 0.6) is 17.2 Å². The van der Waals surface area contributed by atoms with Gasteiger partial charge < -0.3 is 38.7 Å². The molecule has 2 atom stereocenters. The molecule has 4 heterocycles. The Morgan fingerprint density at radius 2 is 1.24 bits per heavy atom. The molecule has 0 radical (unpaired) electrons. The first-order chi connectivity index (χ1) is 30.4. The van der Waals surface area contributed by atoms with Gasteiger partial charge in [0.2, 0.25) is 5.91 Å². The van der Waals surface area contributed by atoms with Gasteiger partial charge in [0.1, 0.15) is 19.0 Å². The molecule has 0 N–H and O–H groups in total. The van der Waals surface area contributed by atoms with Gasteiger partial charge >= 0.3 is 0 Å². The van der Waals surface area contributed by atoms with Crippen LogP contribution < -0.4 is 38.7 Å². The van der Waals surface area contributed by atoms with Gasteiger partial charge in [-0.25, -0.2) is 0 Å². The number of amides is 3. The molecule has 4 aliphatic rings. The fraction of sp³-hybridized carbons (Fsp3) is 0.353. The lowest BCUT2D eigenvalue weighted by Gasteiger charge is -2.25. The lowest BCUT2D eigenvalue weighted by Crippen LogP contribution is -2.41. The van der Waals surface area contributed by atoms with E-state index in [0.29, 0.717) is 53.1 Å². The molecule has 0 saturated carbocycles. The quantitative estimate of drug-likeness (QED) is 0.122. The van der Waals surface area contributed by atoms with E-state index in [1.54, 1.807) is 29.8 Å². The SMILES string of the molecule is COc1cc2c(cc1OCc1cc(COc3cc4c(cc3C)C(=O)N3c5ccccc5C[C@H]3CN4C)cc(N(C)C(=O)CSCC(C)C)c1)N(C)C[C@@H]1Cc3ccccc3N1C2=O. The summed E-state index contributed by atoms with van der Waals surface area (Å²) in [4.78, 5) is 51.8. The number of para-hydroxylation sites is 2. The highest BCUT2D eigenvalue weighted by Gasteiger charge is 2.41. The number of methoxy groups -OCH3 is 1. The maximum Gasteiger partial charge on any atom is 0.260 e. The summed E-state index contributed by atoms with van der Waals surface area (Å²) in [6, 6.07) is 30.0. The number of hydrogen-bond acceptors (Lipinski definition) is 9. The van der Waals surface area contributed by atoms with Crippen LogP contribution in [0.2, 0.25) is 0 Å². The average molecular weight is 866 g/mol. The van der Waals surface area contributed by atoms with Crippen molar-refractivity contribution in [2.75, 3.05) is 77.3 Å². The fourth-order valence-corrected chi connectivity index (χ4v) is 10.5. The van der Waals surface area contributed by atoms with E-state index in [2.05, 4.69) is 35.8 Å². The van der Waals surface area contributed by atoms with E-state index in [1.807, 2.05) is 111 Å². The molecule has 11 nitrogen and oxygen atoms in total. The number of fused-ring (bicyclic) bond motifs is 8. The fourth-order valence-electron chi connectivity index (χ4n) is 9.53. The normalized spacial score (nSPS) is 17.3. The van der Waals surface area contributed by atoms with Crippen LogP contribution in [0.1, 0.15) is 62.4 Å². The maximum atomic E-state index is 14.2. The molecule has 12 heteroatoms. The van der Waals surface area contributed by atoms with E-state index in [0.717, 1.165) is 63.7 Å². The molecule has 4 aliphatic heterocycles. The van der Waals surface area contributed by atoms with Gasteiger partial charge in [-0.3, -0.25) is 14.4 Å². The van der Waals surface area contributed by atoms with Gasteiger partial charge in [-0.05, 0) is 102 Å². The van der Waals surface area contributed by atoms with Crippen LogP contribution in [0.15, 0.2) is 91.0 Å². The summed E-state index contributed by atoms with van der Waals surface area (Å²) in [6.45, 7) is 8.04. The van der Waals surface area contributed by atoms with Crippen molar-refractivity contribution in [2.45, 2.75) is 58.9 Å². The van der Waals surface area contributed by atoms with Crippen LogP contribution in [0, 0.1) is 12.8 Å².